The van der Waals surface area contributed by atoms with Gasteiger partial charge in [-0.2, -0.15) is 13.2 Å². The molecule has 1 fully saturated rings. The first kappa shape index (κ1) is 28.1. The molecular formula is C30H34F4N2O2. The van der Waals surface area contributed by atoms with Gasteiger partial charge in [0.2, 0.25) is 0 Å². The lowest BCUT2D eigenvalue weighted by Crippen LogP contribution is -2.54. The summed E-state index contributed by atoms with van der Waals surface area (Å²) in [6.45, 7) is 2.03. The van der Waals surface area contributed by atoms with E-state index in [9.17, 15) is 22.7 Å². The van der Waals surface area contributed by atoms with Gasteiger partial charge in [-0.3, -0.25) is 5.32 Å². The van der Waals surface area contributed by atoms with Crippen LogP contribution in [-0.2, 0) is 18.1 Å². The molecule has 0 heterocycles. The van der Waals surface area contributed by atoms with Gasteiger partial charge in [0, 0.05) is 12.6 Å². The summed E-state index contributed by atoms with van der Waals surface area (Å²) in [6.07, 6.45) is -1.44. The van der Waals surface area contributed by atoms with E-state index in [2.05, 4.69) is 10.6 Å². The average Bonchev–Trinajstić information content (AvgIpc) is 3.40. The molecule has 8 heteroatoms. The smallest absolute Gasteiger partial charge is 0.416 e. The minimum Gasteiger partial charge on any atom is -0.496 e. The van der Waals surface area contributed by atoms with E-state index in [0.717, 1.165) is 48.9 Å². The highest BCUT2D eigenvalue weighted by atomic mass is 19.4. The molecule has 3 aromatic rings. The third-order valence-electron chi connectivity index (χ3n) is 7.29. The van der Waals surface area contributed by atoms with Gasteiger partial charge in [-0.15, -0.1) is 0 Å². The number of aryl methyl sites for hydroxylation is 1. The van der Waals surface area contributed by atoms with Crippen molar-refractivity contribution < 1.29 is 27.4 Å². The highest BCUT2D eigenvalue weighted by Crippen LogP contribution is 2.39. The van der Waals surface area contributed by atoms with E-state index in [1.807, 2.05) is 43.3 Å². The molecule has 0 radical (unpaired) electrons. The molecule has 1 aliphatic carbocycles. The quantitative estimate of drug-likeness (QED) is 0.219. The zero-order valence-electron chi connectivity index (χ0n) is 21.6. The Morgan fingerprint density at radius 2 is 1.63 bits per heavy atom. The van der Waals surface area contributed by atoms with Gasteiger partial charge >= 0.3 is 6.18 Å². The normalized spacial score (nSPS) is 16.8. The van der Waals surface area contributed by atoms with Crippen LogP contribution in [-0.4, -0.2) is 31.0 Å². The Kier molecular flexibility index (Phi) is 8.75. The summed E-state index contributed by atoms with van der Waals surface area (Å²) >= 11 is 0. The summed E-state index contributed by atoms with van der Waals surface area (Å²) in [4.78, 5) is 0. The molecule has 0 spiro atoms. The van der Waals surface area contributed by atoms with Gasteiger partial charge in [0.1, 0.15) is 17.8 Å². The SMILES string of the molecule is COc1ccc(C(Cc2ccccc2)(NC(O)CNC2CCCC2)c2cc(F)cc(C(F)(F)F)c2)cc1C. The Balaban J connectivity index is 1.87. The fourth-order valence-corrected chi connectivity index (χ4v) is 5.38. The zero-order valence-corrected chi connectivity index (χ0v) is 21.6. The second-order valence-corrected chi connectivity index (χ2v) is 10.0. The predicted octanol–water partition coefficient (Wildman–Crippen LogP) is 6.09. The zero-order chi connectivity index (χ0) is 27.3. The number of rotatable bonds is 10. The highest BCUT2D eigenvalue weighted by Gasteiger charge is 2.40. The van der Waals surface area contributed by atoms with Gasteiger partial charge < -0.3 is 15.2 Å². The van der Waals surface area contributed by atoms with Crippen LogP contribution < -0.4 is 15.4 Å². The van der Waals surface area contributed by atoms with Crippen molar-refractivity contribution in [1.82, 2.24) is 10.6 Å². The molecule has 2 atom stereocenters. The number of methoxy groups -OCH3 is 1. The molecule has 38 heavy (non-hydrogen) atoms. The summed E-state index contributed by atoms with van der Waals surface area (Å²) in [7, 11) is 1.54. The van der Waals surface area contributed by atoms with Gasteiger partial charge in [0.15, 0.2) is 0 Å². The van der Waals surface area contributed by atoms with Crippen molar-refractivity contribution in [2.45, 2.75) is 63.0 Å². The molecule has 1 saturated carbocycles. The molecule has 4 nitrogen and oxygen atoms in total. The molecule has 1 aliphatic rings. The summed E-state index contributed by atoms with van der Waals surface area (Å²) in [5.41, 5.74) is -0.262. The second-order valence-electron chi connectivity index (χ2n) is 10.0. The van der Waals surface area contributed by atoms with Crippen LogP contribution in [0.1, 0.15) is 53.5 Å². The maximum absolute atomic E-state index is 14.8. The van der Waals surface area contributed by atoms with Crippen molar-refractivity contribution in [3.05, 3.63) is 100 Å². The number of hydrogen-bond donors (Lipinski definition) is 3. The van der Waals surface area contributed by atoms with Crippen LogP contribution in [0.25, 0.3) is 0 Å². The Morgan fingerprint density at radius 1 is 0.947 bits per heavy atom. The standard InChI is InChI=1S/C30H34F4N2O2/c1-20-14-22(12-13-27(20)38-2)29(18-21-8-4-3-5-9-21,36-28(37)19-35-26-10-6-7-11-26)23-15-24(30(32,33)34)17-25(31)16-23/h3-5,8-9,12-17,26,28,35-37H,6-7,10-11,18-19H2,1-2H3. The number of benzene rings is 3. The number of hydrogen-bond acceptors (Lipinski definition) is 4. The first-order valence-electron chi connectivity index (χ1n) is 12.9. The fraction of sp³-hybridized carbons (Fsp3) is 0.400. The number of nitrogens with one attached hydrogen (secondary N) is 2. The van der Waals surface area contributed by atoms with Crippen molar-refractivity contribution in [2.75, 3.05) is 13.7 Å². The number of aliphatic hydroxyl groups excluding tert-OH is 1. The Hall–Kier alpha value is -2.94. The van der Waals surface area contributed by atoms with E-state index in [4.69, 9.17) is 4.74 Å². The topological polar surface area (TPSA) is 53.5 Å². The van der Waals surface area contributed by atoms with Gasteiger partial charge in [-0.25, -0.2) is 4.39 Å². The predicted molar refractivity (Wildman–Crippen MR) is 139 cm³/mol. The van der Waals surface area contributed by atoms with E-state index < -0.39 is 29.3 Å². The number of ether oxygens (including phenoxy) is 1. The van der Waals surface area contributed by atoms with E-state index in [-0.39, 0.29) is 24.6 Å². The fourth-order valence-electron chi connectivity index (χ4n) is 5.38. The molecule has 3 N–H and O–H groups in total. The van der Waals surface area contributed by atoms with E-state index in [1.165, 1.54) is 7.11 Å². The minimum absolute atomic E-state index is 0.0677. The van der Waals surface area contributed by atoms with Crippen LogP contribution in [0.5, 0.6) is 5.75 Å². The van der Waals surface area contributed by atoms with E-state index in [1.54, 1.807) is 12.1 Å². The number of aliphatic hydroxyl groups is 1. The van der Waals surface area contributed by atoms with Crippen molar-refractivity contribution in [3.8, 4) is 5.75 Å². The molecule has 2 unspecified atom stereocenters. The van der Waals surface area contributed by atoms with Crippen molar-refractivity contribution in [2.24, 2.45) is 0 Å². The van der Waals surface area contributed by atoms with Crippen molar-refractivity contribution >= 4 is 0 Å². The molecule has 4 rings (SSSR count). The molecule has 0 saturated heterocycles. The Bertz CT molecular complexity index is 1210. The molecule has 0 bridgehead atoms. The van der Waals surface area contributed by atoms with E-state index in [0.29, 0.717) is 17.4 Å². The lowest BCUT2D eigenvalue weighted by Gasteiger charge is -2.39. The molecule has 3 aromatic carbocycles. The maximum atomic E-state index is 14.8. The second kappa shape index (κ2) is 11.8. The Labute approximate surface area is 221 Å². The van der Waals surface area contributed by atoms with Crippen LogP contribution in [0.15, 0.2) is 66.7 Å². The van der Waals surface area contributed by atoms with Crippen molar-refractivity contribution in [1.29, 1.82) is 0 Å². The minimum atomic E-state index is -4.74. The van der Waals surface area contributed by atoms with Crippen LogP contribution in [0.3, 0.4) is 0 Å². The van der Waals surface area contributed by atoms with Crippen LogP contribution in [0.4, 0.5) is 17.6 Å². The molecule has 204 valence electrons. The largest absolute Gasteiger partial charge is 0.496 e. The molecular weight excluding hydrogens is 496 g/mol. The summed E-state index contributed by atoms with van der Waals surface area (Å²) in [6, 6.07) is 17.4. The summed E-state index contributed by atoms with van der Waals surface area (Å²) in [5.74, 6) is -0.390. The average molecular weight is 531 g/mol. The van der Waals surface area contributed by atoms with Crippen LogP contribution in [0.2, 0.25) is 0 Å². The third kappa shape index (κ3) is 6.54. The lowest BCUT2D eigenvalue weighted by atomic mass is 9.76. The van der Waals surface area contributed by atoms with Gasteiger partial charge in [-0.1, -0.05) is 55.3 Å². The maximum Gasteiger partial charge on any atom is 0.416 e. The molecule has 0 amide bonds. The first-order chi connectivity index (χ1) is 18.1. The Morgan fingerprint density at radius 3 is 2.26 bits per heavy atom. The van der Waals surface area contributed by atoms with E-state index >= 15 is 0 Å². The molecule has 0 aliphatic heterocycles. The number of alkyl halides is 3. The van der Waals surface area contributed by atoms with Crippen LogP contribution >= 0.6 is 0 Å². The van der Waals surface area contributed by atoms with Gasteiger partial charge in [0.05, 0.1) is 18.2 Å². The lowest BCUT2D eigenvalue weighted by molar-refractivity contribution is -0.137. The van der Waals surface area contributed by atoms with Gasteiger partial charge in [-0.05, 0) is 72.7 Å². The third-order valence-corrected chi connectivity index (χ3v) is 7.29. The summed E-state index contributed by atoms with van der Waals surface area (Å²) < 4.78 is 61.7. The molecule has 0 aromatic heterocycles. The summed E-state index contributed by atoms with van der Waals surface area (Å²) in [5, 5.41) is 17.8. The highest BCUT2D eigenvalue weighted by molar-refractivity contribution is 5.47. The number of halogens is 4. The monoisotopic (exact) mass is 530 g/mol. The first-order valence-corrected chi connectivity index (χ1v) is 12.9. The van der Waals surface area contributed by atoms with Gasteiger partial charge in [0.25, 0.3) is 0 Å². The van der Waals surface area contributed by atoms with Crippen molar-refractivity contribution in [3.63, 3.8) is 0 Å². The van der Waals surface area contributed by atoms with Crippen LogP contribution in [0, 0.1) is 12.7 Å².